The molecule has 0 radical (unpaired) electrons. The standard InChI is InChI=1S/C69H47N3OS/c1-69(2)58-31-16-12-29-54(58)65-59(69)32-20-34-61(65)71(46-23-8-4-9-24-46)50-40-44(39-49(41-50)70(45-21-6-3-7-22-45)48-37-38-53-52-28-15-19-36-63(52)74-64(53)42-48)56-43-57-51-27-13-17-33-60(51)72(47-25-10-5-11-26-47)67(57)66-55-30-14-18-35-62(55)73-68(56)66/h3-43H,1-2H3. The number of para-hydroxylation sites is 5. The predicted octanol–water partition coefficient (Wildman–Crippen LogP) is 20.0. The summed E-state index contributed by atoms with van der Waals surface area (Å²) in [6.45, 7) is 4.73. The molecule has 3 aromatic heterocycles. The van der Waals surface area contributed by atoms with Gasteiger partial charge in [-0.1, -0.05) is 166 Å². The van der Waals surface area contributed by atoms with Crippen molar-refractivity contribution >= 4 is 109 Å². The van der Waals surface area contributed by atoms with Crippen LogP contribution in [0.1, 0.15) is 25.0 Å². The average molecular weight is 966 g/mol. The van der Waals surface area contributed by atoms with Gasteiger partial charge in [-0.05, 0) is 119 Å². The average Bonchev–Trinajstić information content (AvgIpc) is 4.24. The highest BCUT2D eigenvalue weighted by atomic mass is 32.1. The van der Waals surface area contributed by atoms with E-state index in [0.29, 0.717) is 0 Å². The minimum absolute atomic E-state index is 0.187. The topological polar surface area (TPSA) is 24.6 Å². The minimum Gasteiger partial charge on any atom is -0.455 e. The Bertz CT molecular complexity index is 4530. The second kappa shape index (κ2) is 16.4. The molecule has 0 unspecified atom stereocenters. The van der Waals surface area contributed by atoms with Gasteiger partial charge in [-0.25, -0.2) is 0 Å². The molecule has 11 aromatic carbocycles. The van der Waals surface area contributed by atoms with Crippen LogP contribution in [0.5, 0.6) is 0 Å². The number of rotatable bonds is 8. The van der Waals surface area contributed by atoms with Crippen LogP contribution in [0, 0.1) is 0 Å². The van der Waals surface area contributed by atoms with Crippen LogP contribution in [0.25, 0.3) is 91.9 Å². The monoisotopic (exact) mass is 965 g/mol. The third-order valence-electron chi connectivity index (χ3n) is 15.5. The van der Waals surface area contributed by atoms with Gasteiger partial charge < -0.3 is 18.8 Å². The molecule has 4 nitrogen and oxygen atoms in total. The maximum atomic E-state index is 7.23. The molecule has 0 spiro atoms. The molecule has 15 rings (SSSR count). The number of benzene rings is 11. The van der Waals surface area contributed by atoms with Crippen LogP contribution in [0.3, 0.4) is 0 Å². The number of anilines is 6. The van der Waals surface area contributed by atoms with Crippen molar-refractivity contribution in [3.63, 3.8) is 0 Å². The van der Waals surface area contributed by atoms with Crippen molar-refractivity contribution in [1.29, 1.82) is 0 Å². The number of furan rings is 1. The lowest BCUT2D eigenvalue weighted by Gasteiger charge is -2.32. The van der Waals surface area contributed by atoms with Gasteiger partial charge >= 0.3 is 0 Å². The molecule has 0 bridgehead atoms. The molecule has 1 aliphatic rings. The Labute approximate surface area is 432 Å². The fraction of sp³-hybridized carbons (Fsp3) is 0.0435. The third kappa shape index (κ3) is 6.40. The molecule has 0 atom stereocenters. The van der Waals surface area contributed by atoms with E-state index in [4.69, 9.17) is 4.42 Å². The summed E-state index contributed by atoms with van der Waals surface area (Å²) in [6, 6.07) is 90.9. The second-order valence-corrected chi connectivity index (χ2v) is 21.1. The van der Waals surface area contributed by atoms with E-state index in [1.807, 2.05) is 11.3 Å². The molecule has 0 amide bonds. The van der Waals surface area contributed by atoms with E-state index in [1.54, 1.807) is 0 Å². The van der Waals surface area contributed by atoms with Gasteiger partial charge in [0.15, 0.2) is 0 Å². The van der Waals surface area contributed by atoms with Gasteiger partial charge in [-0.3, -0.25) is 0 Å². The summed E-state index contributed by atoms with van der Waals surface area (Å²) in [6.07, 6.45) is 0. The molecule has 0 aliphatic heterocycles. The molecule has 14 aromatic rings. The van der Waals surface area contributed by atoms with E-state index < -0.39 is 0 Å². The molecular weight excluding hydrogens is 919 g/mol. The number of hydrogen-bond acceptors (Lipinski definition) is 4. The zero-order valence-electron chi connectivity index (χ0n) is 40.8. The Morgan fingerprint density at radius 1 is 0.419 bits per heavy atom. The highest BCUT2D eigenvalue weighted by molar-refractivity contribution is 7.25. The first-order valence-corrected chi connectivity index (χ1v) is 26.2. The highest BCUT2D eigenvalue weighted by Crippen LogP contribution is 2.55. The van der Waals surface area contributed by atoms with Crippen molar-refractivity contribution in [2.24, 2.45) is 0 Å². The minimum atomic E-state index is -0.187. The van der Waals surface area contributed by atoms with Gasteiger partial charge in [-0.2, -0.15) is 0 Å². The Morgan fingerprint density at radius 3 is 1.84 bits per heavy atom. The van der Waals surface area contributed by atoms with Crippen molar-refractivity contribution < 1.29 is 4.42 Å². The summed E-state index contributed by atoms with van der Waals surface area (Å²) < 4.78 is 12.2. The molecule has 74 heavy (non-hydrogen) atoms. The molecule has 0 saturated carbocycles. The van der Waals surface area contributed by atoms with Crippen LogP contribution in [0.4, 0.5) is 34.1 Å². The van der Waals surface area contributed by atoms with E-state index >= 15 is 0 Å². The first-order chi connectivity index (χ1) is 36.5. The van der Waals surface area contributed by atoms with Crippen molar-refractivity contribution in [3.05, 3.63) is 260 Å². The van der Waals surface area contributed by atoms with Gasteiger partial charge in [0.2, 0.25) is 0 Å². The van der Waals surface area contributed by atoms with Crippen LogP contribution in [0.15, 0.2) is 253 Å². The van der Waals surface area contributed by atoms with E-state index in [9.17, 15) is 0 Å². The van der Waals surface area contributed by atoms with E-state index in [-0.39, 0.29) is 5.41 Å². The van der Waals surface area contributed by atoms with Gasteiger partial charge in [0.25, 0.3) is 0 Å². The molecule has 0 saturated heterocycles. The number of aromatic nitrogens is 1. The van der Waals surface area contributed by atoms with E-state index in [0.717, 1.165) is 83.9 Å². The molecule has 0 N–H and O–H groups in total. The Kier molecular flexibility index (Phi) is 9.44. The van der Waals surface area contributed by atoms with Crippen molar-refractivity contribution in [1.82, 2.24) is 4.57 Å². The summed E-state index contributed by atoms with van der Waals surface area (Å²) in [5.74, 6) is 0. The van der Waals surface area contributed by atoms with Crippen molar-refractivity contribution in [2.45, 2.75) is 19.3 Å². The van der Waals surface area contributed by atoms with Crippen LogP contribution >= 0.6 is 11.3 Å². The number of fused-ring (bicyclic) bond motifs is 13. The smallest absolute Gasteiger partial charge is 0.145 e. The maximum Gasteiger partial charge on any atom is 0.145 e. The normalized spacial score (nSPS) is 12.8. The fourth-order valence-electron chi connectivity index (χ4n) is 12.2. The Balaban J connectivity index is 1.07. The third-order valence-corrected chi connectivity index (χ3v) is 16.6. The molecular formula is C69H47N3OS. The zero-order valence-corrected chi connectivity index (χ0v) is 41.6. The number of thiophene rings is 1. The summed E-state index contributed by atoms with van der Waals surface area (Å²) in [4.78, 5) is 4.92. The van der Waals surface area contributed by atoms with Gasteiger partial charge in [0.1, 0.15) is 11.2 Å². The summed E-state index contributed by atoms with van der Waals surface area (Å²) in [7, 11) is 0. The Hall–Kier alpha value is -9.16. The molecule has 0 fully saturated rings. The lowest BCUT2D eigenvalue weighted by molar-refractivity contribution is 0.660. The first kappa shape index (κ1) is 42.5. The summed E-state index contributed by atoms with van der Waals surface area (Å²) in [5.41, 5.74) is 18.5. The zero-order chi connectivity index (χ0) is 49.1. The maximum absolute atomic E-state index is 7.23. The number of nitrogens with zero attached hydrogens (tertiary/aromatic N) is 3. The van der Waals surface area contributed by atoms with E-state index in [1.165, 1.54) is 53.2 Å². The van der Waals surface area contributed by atoms with Crippen molar-refractivity contribution in [2.75, 3.05) is 9.80 Å². The summed E-state index contributed by atoms with van der Waals surface area (Å²) >= 11 is 1.85. The van der Waals surface area contributed by atoms with Gasteiger partial charge in [0, 0.05) is 87.0 Å². The second-order valence-electron chi connectivity index (χ2n) is 20.0. The van der Waals surface area contributed by atoms with Gasteiger partial charge in [-0.15, -0.1) is 11.3 Å². The van der Waals surface area contributed by atoms with Crippen LogP contribution in [-0.4, -0.2) is 4.57 Å². The summed E-state index contributed by atoms with van der Waals surface area (Å²) in [5, 5.41) is 7.08. The molecule has 5 heteroatoms. The lowest BCUT2D eigenvalue weighted by atomic mass is 9.82. The largest absolute Gasteiger partial charge is 0.455 e. The number of hydrogen-bond donors (Lipinski definition) is 0. The SMILES string of the molecule is CC1(C)c2ccccc2-c2c(N(c3ccccc3)c3cc(-c4cc5c6ccccc6n(-c6ccccc6)c5c5c4oc4ccccc45)cc(N(c4ccccc4)c4ccc5c(c4)sc4ccccc45)c3)cccc21. The highest BCUT2D eigenvalue weighted by Gasteiger charge is 2.38. The Morgan fingerprint density at radius 2 is 1.04 bits per heavy atom. The van der Waals surface area contributed by atoms with Crippen molar-refractivity contribution in [3.8, 4) is 27.9 Å². The molecule has 1 aliphatic carbocycles. The fourth-order valence-corrected chi connectivity index (χ4v) is 13.3. The quantitative estimate of drug-likeness (QED) is 0.152. The lowest BCUT2D eigenvalue weighted by Crippen LogP contribution is -2.16. The van der Waals surface area contributed by atoms with Gasteiger partial charge in [0.05, 0.1) is 22.1 Å². The predicted molar refractivity (Wildman–Crippen MR) is 313 cm³/mol. The van der Waals surface area contributed by atoms with Crippen LogP contribution < -0.4 is 9.80 Å². The first-order valence-electron chi connectivity index (χ1n) is 25.4. The molecule has 350 valence electrons. The molecule has 3 heterocycles. The van der Waals surface area contributed by atoms with Crippen LogP contribution in [-0.2, 0) is 5.41 Å². The van der Waals surface area contributed by atoms with E-state index in [2.05, 4.69) is 277 Å². The van der Waals surface area contributed by atoms with Crippen LogP contribution in [0.2, 0.25) is 0 Å².